The number of ether oxygens (including phenoxy) is 1. The number of hydrogen-bond donors (Lipinski definition) is 2. The number of oxazole rings is 1. The zero-order chi connectivity index (χ0) is 26.6. The van der Waals surface area contributed by atoms with Gasteiger partial charge in [0.15, 0.2) is 16.8 Å². The van der Waals surface area contributed by atoms with Crippen LogP contribution in [0.25, 0.3) is 33.7 Å². The lowest BCUT2D eigenvalue weighted by Gasteiger charge is -2.16. The van der Waals surface area contributed by atoms with Crippen LogP contribution >= 0.6 is 35.4 Å². The second-order valence-electron chi connectivity index (χ2n) is 8.42. The van der Waals surface area contributed by atoms with E-state index >= 15 is 0 Å². The van der Waals surface area contributed by atoms with Gasteiger partial charge in [0.1, 0.15) is 11.3 Å². The van der Waals surface area contributed by atoms with Gasteiger partial charge in [0.2, 0.25) is 5.89 Å². The number of carbonyl (C=O) groups is 1. The van der Waals surface area contributed by atoms with Crippen molar-refractivity contribution in [1.82, 2.24) is 10.3 Å². The summed E-state index contributed by atoms with van der Waals surface area (Å²) >= 11 is 17.3. The Morgan fingerprint density at radius 1 is 0.921 bits per heavy atom. The Labute approximate surface area is 234 Å². The number of halogens is 2. The summed E-state index contributed by atoms with van der Waals surface area (Å²) in [7, 11) is 0. The summed E-state index contributed by atoms with van der Waals surface area (Å²) in [5.74, 6) is 0.427. The van der Waals surface area contributed by atoms with E-state index in [1.165, 1.54) is 0 Å². The summed E-state index contributed by atoms with van der Waals surface area (Å²) < 4.78 is 11.6. The molecule has 0 radical (unpaired) electrons. The Morgan fingerprint density at radius 3 is 2.37 bits per heavy atom. The first-order chi connectivity index (χ1) is 18.4. The molecule has 0 spiro atoms. The minimum Gasteiger partial charge on any atom is -0.479 e. The predicted molar refractivity (Wildman–Crippen MR) is 156 cm³/mol. The van der Waals surface area contributed by atoms with E-state index in [1.54, 1.807) is 43.3 Å². The molecule has 9 heteroatoms. The molecule has 5 rings (SSSR count). The number of hydrogen-bond acceptors (Lipinski definition) is 5. The molecule has 1 atom stereocenters. The molecule has 0 aliphatic rings. The van der Waals surface area contributed by atoms with Crippen LogP contribution in [0.2, 0.25) is 10.0 Å². The molecule has 1 heterocycles. The summed E-state index contributed by atoms with van der Waals surface area (Å²) in [4.78, 5) is 17.2. The van der Waals surface area contributed by atoms with E-state index in [-0.39, 0.29) is 5.11 Å². The summed E-state index contributed by atoms with van der Waals surface area (Å²) in [5.41, 5.74) is 5.06. The fraction of sp³-hybridized carbons (Fsp3) is 0.0690. The lowest BCUT2D eigenvalue weighted by atomic mass is 10.0. The van der Waals surface area contributed by atoms with Crippen molar-refractivity contribution in [2.75, 3.05) is 5.32 Å². The molecule has 5 aromatic rings. The third-order valence-electron chi connectivity index (χ3n) is 5.69. The number of nitrogens with zero attached hydrogens (tertiary/aromatic N) is 1. The van der Waals surface area contributed by atoms with Crippen LogP contribution in [0.3, 0.4) is 0 Å². The van der Waals surface area contributed by atoms with Crippen LogP contribution in [-0.2, 0) is 4.79 Å². The average Bonchev–Trinajstić information content (AvgIpc) is 3.34. The second-order valence-corrected chi connectivity index (χ2v) is 9.67. The fourth-order valence-corrected chi connectivity index (χ4v) is 4.43. The summed E-state index contributed by atoms with van der Waals surface area (Å²) in [6.45, 7) is 1.60. The van der Waals surface area contributed by atoms with Gasteiger partial charge in [-0.1, -0.05) is 65.7 Å². The summed E-state index contributed by atoms with van der Waals surface area (Å²) in [5, 5.41) is 6.52. The molecule has 190 valence electrons. The van der Waals surface area contributed by atoms with Crippen molar-refractivity contribution in [2.24, 2.45) is 0 Å². The van der Waals surface area contributed by atoms with Crippen molar-refractivity contribution in [2.45, 2.75) is 13.0 Å². The van der Waals surface area contributed by atoms with Crippen LogP contribution in [0.4, 0.5) is 5.69 Å². The van der Waals surface area contributed by atoms with Gasteiger partial charge in [0, 0.05) is 16.3 Å². The molecule has 0 bridgehead atoms. The number of carbonyl (C=O) groups excluding carboxylic acids is 1. The van der Waals surface area contributed by atoms with Crippen molar-refractivity contribution in [3.8, 4) is 28.3 Å². The maximum absolute atomic E-state index is 12.6. The maximum Gasteiger partial charge on any atom is 0.266 e. The second kappa shape index (κ2) is 11.2. The van der Waals surface area contributed by atoms with Crippen molar-refractivity contribution in [1.29, 1.82) is 0 Å². The molecular formula is C29H21Cl2N3O3S. The van der Waals surface area contributed by atoms with Gasteiger partial charge in [-0.2, -0.15) is 0 Å². The zero-order valence-corrected chi connectivity index (χ0v) is 22.4. The minimum absolute atomic E-state index is 0.118. The lowest BCUT2D eigenvalue weighted by Crippen LogP contribution is -2.42. The van der Waals surface area contributed by atoms with Gasteiger partial charge in [-0.15, -0.1) is 0 Å². The van der Waals surface area contributed by atoms with Gasteiger partial charge < -0.3 is 14.5 Å². The zero-order valence-electron chi connectivity index (χ0n) is 20.1. The van der Waals surface area contributed by atoms with Crippen molar-refractivity contribution in [3.63, 3.8) is 0 Å². The number of fused-ring (bicyclic) bond motifs is 1. The monoisotopic (exact) mass is 561 g/mol. The molecule has 6 nitrogen and oxygen atoms in total. The van der Waals surface area contributed by atoms with Crippen LogP contribution < -0.4 is 15.4 Å². The first-order valence-electron chi connectivity index (χ1n) is 11.7. The molecule has 0 aliphatic carbocycles. The Morgan fingerprint density at radius 2 is 1.63 bits per heavy atom. The molecule has 0 aliphatic heterocycles. The van der Waals surface area contributed by atoms with Gasteiger partial charge in [-0.05, 0) is 78.8 Å². The highest BCUT2D eigenvalue weighted by Gasteiger charge is 2.18. The number of thiocarbonyl (C=S) groups is 1. The number of amides is 1. The maximum atomic E-state index is 12.6. The van der Waals surface area contributed by atoms with Gasteiger partial charge in [0.05, 0.1) is 5.02 Å². The Kier molecular flexibility index (Phi) is 7.60. The molecule has 4 aromatic carbocycles. The molecule has 2 N–H and O–H groups in total. The minimum atomic E-state index is -0.845. The van der Waals surface area contributed by atoms with Gasteiger partial charge in [0.25, 0.3) is 5.91 Å². The molecule has 1 amide bonds. The number of rotatable bonds is 6. The number of aromatic nitrogens is 1. The Hall–Kier alpha value is -3.91. The Bertz CT molecular complexity index is 1620. The molecule has 1 unspecified atom stereocenters. The largest absolute Gasteiger partial charge is 0.479 e. The number of anilines is 1. The average molecular weight is 562 g/mol. The van der Waals surface area contributed by atoms with E-state index in [0.29, 0.717) is 38.5 Å². The van der Waals surface area contributed by atoms with Crippen LogP contribution in [0.15, 0.2) is 95.4 Å². The number of nitrogens with one attached hydrogen (secondary N) is 2. The van der Waals surface area contributed by atoms with E-state index in [1.807, 2.05) is 42.5 Å². The van der Waals surface area contributed by atoms with E-state index in [2.05, 4.69) is 27.8 Å². The molecule has 0 fully saturated rings. The van der Waals surface area contributed by atoms with Crippen LogP contribution in [0, 0.1) is 0 Å². The predicted octanol–water partition coefficient (Wildman–Crippen LogP) is 7.75. The third-order valence-corrected chi connectivity index (χ3v) is 6.42. The van der Waals surface area contributed by atoms with Crippen LogP contribution in [-0.4, -0.2) is 22.1 Å². The van der Waals surface area contributed by atoms with E-state index in [0.717, 1.165) is 16.7 Å². The normalized spacial score (nSPS) is 11.7. The summed E-state index contributed by atoms with van der Waals surface area (Å²) in [6, 6.07) is 28.4. The SMILES string of the molecule is CC(Oc1ccc(Cl)cc1Cl)C(=O)NC(=S)Nc1ccc2oc(-c3ccc(-c4ccccc4)cc3)nc2c1. The van der Waals surface area contributed by atoms with Gasteiger partial charge in [-0.3, -0.25) is 10.1 Å². The van der Waals surface area contributed by atoms with Crippen LogP contribution in [0.1, 0.15) is 6.92 Å². The third kappa shape index (κ3) is 5.97. The fourth-order valence-electron chi connectivity index (χ4n) is 3.76. The van der Waals surface area contributed by atoms with Crippen molar-refractivity contribution >= 4 is 63.2 Å². The molecule has 38 heavy (non-hydrogen) atoms. The molecular weight excluding hydrogens is 541 g/mol. The van der Waals surface area contributed by atoms with E-state index < -0.39 is 12.0 Å². The smallest absolute Gasteiger partial charge is 0.266 e. The van der Waals surface area contributed by atoms with Crippen molar-refractivity contribution < 1.29 is 13.9 Å². The molecule has 0 saturated carbocycles. The number of benzene rings is 4. The first-order valence-corrected chi connectivity index (χ1v) is 12.8. The highest BCUT2D eigenvalue weighted by molar-refractivity contribution is 7.80. The summed E-state index contributed by atoms with van der Waals surface area (Å²) in [6.07, 6.45) is -0.845. The van der Waals surface area contributed by atoms with E-state index in [4.69, 9.17) is 44.6 Å². The van der Waals surface area contributed by atoms with Crippen molar-refractivity contribution in [3.05, 3.63) is 101 Å². The van der Waals surface area contributed by atoms with E-state index in [9.17, 15) is 4.79 Å². The topological polar surface area (TPSA) is 76.4 Å². The quantitative estimate of drug-likeness (QED) is 0.206. The first kappa shape index (κ1) is 25.7. The highest BCUT2D eigenvalue weighted by Crippen LogP contribution is 2.29. The standard InChI is InChI=1S/C29H21Cl2N3O3S/c1-17(36-25-13-11-21(30)15-23(25)31)27(35)34-29(38)32-22-12-14-26-24(16-22)33-28(37-26)20-9-7-19(8-10-20)18-5-3-2-4-6-18/h2-17H,1H3,(H2,32,34,35,38). The molecule has 0 saturated heterocycles. The Balaban J connectivity index is 1.23. The lowest BCUT2D eigenvalue weighted by molar-refractivity contribution is -0.125. The van der Waals surface area contributed by atoms with Crippen LogP contribution in [0.5, 0.6) is 5.75 Å². The molecule has 1 aromatic heterocycles. The highest BCUT2D eigenvalue weighted by atomic mass is 35.5. The van der Waals surface area contributed by atoms with Gasteiger partial charge >= 0.3 is 0 Å². The van der Waals surface area contributed by atoms with Gasteiger partial charge in [-0.25, -0.2) is 4.98 Å².